The van der Waals surface area contributed by atoms with Crippen LogP contribution in [-0.4, -0.2) is 47.1 Å². The molecule has 1 aromatic carbocycles. The minimum atomic E-state index is -1.18. The topological polar surface area (TPSA) is 85.2 Å². The molecule has 0 aromatic heterocycles. The summed E-state index contributed by atoms with van der Waals surface area (Å²) in [7, 11) is 0. The fourth-order valence-electron chi connectivity index (χ4n) is 2.18. The lowest BCUT2D eigenvalue weighted by molar-refractivity contribution is -0.149. The number of esters is 2. The molecule has 0 aliphatic carbocycles. The van der Waals surface area contributed by atoms with Gasteiger partial charge in [0.25, 0.3) is 0 Å². The van der Waals surface area contributed by atoms with E-state index in [-0.39, 0.29) is 18.9 Å². The summed E-state index contributed by atoms with van der Waals surface area (Å²) in [6.07, 6.45) is 3.80. The molecule has 27 heavy (non-hydrogen) atoms. The first-order chi connectivity index (χ1) is 13.0. The number of nitrogens with zero attached hydrogens (tertiary/aromatic N) is 1. The largest absolute Gasteiger partial charge is 0.465 e. The van der Waals surface area contributed by atoms with Crippen LogP contribution in [0.4, 0.5) is 0 Å². The second-order valence-corrected chi connectivity index (χ2v) is 7.04. The summed E-state index contributed by atoms with van der Waals surface area (Å²) >= 11 is 2.74. The van der Waals surface area contributed by atoms with E-state index in [0.717, 1.165) is 0 Å². The van der Waals surface area contributed by atoms with Gasteiger partial charge in [-0.15, -0.1) is 23.5 Å². The Morgan fingerprint density at radius 3 is 2.22 bits per heavy atom. The molecule has 0 aliphatic heterocycles. The molecule has 2 atom stereocenters. The molecule has 1 aromatic rings. The van der Waals surface area contributed by atoms with Gasteiger partial charge in [0, 0.05) is 0 Å². The number of hydrogen-bond acceptors (Lipinski definition) is 8. The molecular weight excluding hydrogens is 386 g/mol. The number of carbonyl (C=O) groups excluding carboxylic acids is 2. The molecule has 6 nitrogen and oxygen atoms in total. The van der Waals surface area contributed by atoms with E-state index in [9.17, 15) is 14.7 Å². The van der Waals surface area contributed by atoms with Crippen LogP contribution < -0.4 is 0 Å². The molecule has 0 radical (unpaired) electrons. The Balaban J connectivity index is 3.38. The molecule has 0 amide bonds. The molecule has 0 unspecified atom stereocenters. The fourth-order valence-corrected chi connectivity index (χ4v) is 3.23. The molecule has 1 rings (SSSR count). The van der Waals surface area contributed by atoms with Gasteiger partial charge in [0.2, 0.25) is 0 Å². The highest BCUT2D eigenvalue weighted by molar-refractivity contribution is 8.38. The molecule has 0 saturated heterocycles. The quantitative estimate of drug-likeness (QED) is 0.304. The summed E-state index contributed by atoms with van der Waals surface area (Å²) in [6, 6.07) is 8.73. The Bertz CT molecular complexity index is 670. The molecule has 0 heterocycles. The first-order valence-electron chi connectivity index (χ1n) is 8.43. The molecule has 0 saturated carbocycles. The number of rotatable bonds is 8. The van der Waals surface area contributed by atoms with Crippen molar-refractivity contribution < 1.29 is 24.2 Å². The Labute approximate surface area is 168 Å². The van der Waals surface area contributed by atoms with E-state index in [4.69, 9.17) is 9.47 Å². The number of aliphatic imine (C=N–C) groups is 1. The maximum absolute atomic E-state index is 12.5. The lowest BCUT2D eigenvalue weighted by atomic mass is 9.94. The Kier molecular flexibility index (Phi) is 10.8. The lowest BCUT2D eigenvalue weighted by Crippen LogP contribution is -2.24. The Hall–Kier alpha value is -1.77. The van der Waals surface area contributed by atoms with E-state index in [1.54, 1.807) is 38.1 Å². The van der Waals surface area contributed by atoms with Crippen LogP contribution >= 0.6 is 23.5 Å². The number of thioether (sulfide) groups is 2. The number of aliphatic hydroxyl groups is 1. The van der Waals surface area contributed by atoms with Crippen LogP contribution in [0.15, 0.2) is 47.1 Å². The van der Waals surface area contributed by atoms with Crippen LogP contribution in [0.3, 0.4) is 0 Å². The maximum Gasteiger partial charge on any atom is 0.356 e. The zero-order chi connectivity index (χ0) is 20.2. The molecule has 1 N–H and O–H groups in total. The van der Waals surface area contributed by atoms with Gasteiger partial charge in [-0.05, 0) is 38.0 Å². The third-order valence-corrected chi connectivity index (χ3v) is 5.30. The lowest BCUT2D eigenvalue weighted by Gasteiger charge is -2.19. The van der Waals surface area contributed by atoms with E-state index in [1.807, 2.05) is 18.6 Å². The molecule has 0 bridgehead atoms. The molecule has 148 valence electrons. The maximum atomic E-state index is 12.5. The highest BCUT2D eigenvalue weighted by Crippen LogP contribution is 2.27. The van der Waals surface area contributed by atoms with Crippen molar-refractivity contribution in [1.82, 2.24) is 0 Å². The van der Waals surface area contributed by atoms with E-state index < -0.39 is 24.0 Å². The molecular formula is C19H25NO5S2. The van der Waals surface area contributed by atoms with Crippen molar-refractivity contribution in [2.45, 2.75) is 20.0 Å². The second-order valence-electron chi connectivity index (χ2n) is 5.19. The third-order valence-electron chi connectivity index (χ3n) is 3.42. The molecule has 0 aliphatic rings. The normalized spacial score (nSPS) is 13.4. The summed E-state index contributed by atoms with van der Waals surface area (Å²) in [5, 5.41) is 10.7. The summed E-state index contributed by atoms with van der Waals surface area (Å²) in [6.45, 7) is 3.69. The first kappa shape index (κ1) is 23.3. The second kappa shape index (κ2) is 12.6. The standard InChI is InChI=1S/C19H25NO5S2/c1-5-24-17(22)14(16(21)13-10-8-7-9-11-13)12-15(18(23)25-6-2)20-19(26-3)27-4/h7-12,14,16,21H,5-6H2,1-4H3/b15-12-/t14-,16+/m0/s1. The van der Waals surface area contributed by atoms with Crippen molar-refractivity contribution in [3.63, 3.8) is 0 Å². The van der Waals surface area contributed by atoms with E-state index in [1.165, 1.54) is 29.6 Å². The summed E-state index contributed by atoms with van der Waals surface area (Å²) in [5.74, 6) is -2.39. The zero-order valence-electron chi connectivity index (χ0n) is 15.9. The molecule has 0 spiro atoms. The van der Waals surface area contributed by atoms with Crippen LogP contribution in [0, 0.1) is 5.92 Å². The van der Waals surface area contributed by atoms with Gasteiger partial charge in [-0.3, -0.25) is 4.79 Å². The number of aliphatic hydroxyl groups excluding tert-OH is 1. The summed E-state index contributed by atoms with van der Waals surface area (Å²) < 4.78 is 10.8. The predicted octanol–water partition coefficient (Wildman–Crippen LogP) is 3.43. The van der Waals surface area contributed by atoms with Crippen molar-refractivity contribution in [2.24, 2.45) is 10.9 Å². The predicted molar refractivity (Wildman–Crippen MR) is 111 cm³/mol. The van der Waals surface area contributed by atoms with Crippen molar-refractivity contribution in [1.29, 1.82) is 0 Å². The minimum Gasteiger partial charge on any atom is -0.465 e. The smallest absolute Gasteiger partial charge is 0.356 e. The van der Waals surface area contributed by atoms with Crippen LogP contribution in [0.2, 0.25) is 0 Å². The van der Waals surface area contributed by atoms with Crippen molar-refractivity contribution in [2.75, 3.05) is 25.7 Å². The van der Waals surface area contributed by atoms with Crippen LogP contribution in [0.25, 0.3) is 0 Å². The monoisotopic (exact) mass is 411 g/mol. The van der Waals surface area contributed by atoms with Gasteiger partial charge >= 0.3 is 11.9 Å². The molecule has 0 fully saturated rings. The van der Waals surface area contributed by atoms with Crippen molar-refractivity contribution >= 4 is 39.8 Å². The SMILES string of the molecule is CCOC(=O)/C(=C/[C@H](C(=O)OCC)[C@H](O)c1ccccc1)N=C(SC)SC. The average molecular weight is 412 g/mol. The fraction of sp³-hybridized carbons (Fsp3) is 0.421. The van der Waals surface area contributed by atoms with Gasteiger partial charge in [0.15, 0.2) is 0 Å². The summed E-state index contributed by atoms with van der Waals surface area (Å²) in [4.78, 5) is 29.1. The van der Waals surface area contributed by atoms with Crippen molar-refractivity contribution in [3.8, 4) is 0 Å². The molecule has 8 heteroatoms. The van der Waals surface area contributed by atoms with Gasteiger partial charge < -0.3 is 14.6 Å². The zero-order valence-corrected chi connectivity index (χ0v) is 17.5. The Morgan fingerprint density at radius 1 is 1.11 bits per heavy atom. The highest BCUT2D eigenvalue weighted by atomic mass is 32.2. The van der Waals surface area contributed by atoms with Crippen LogP contribution in [0.1, 0.15) is 25.5 Å². The number of benzene rings is 1. The summed E-state index contributed by atoms with van der Waals surface area (Å²) in [5.41, 5.74) is 0.498. The van der Waals surface area contributed by atoms with E-state index in [0.29, 0.717) is 9.94 Å². The van der Waals surface area contributed by atoms with Gasteiger partial charge in [0.05, 0.1) is 19.3 Å². The third kappa shape index (κ3) is 7.40. The van der Waals surface area contributed by atoms with Crippen LogP contribution in [-0.2, 0) is 19.1 Å². The van der Waals surface area contributed by atoms with Crippen molar-refractivity contribution in [3.05, 3.63) is 47.7 Å². The van der Waals surface area contributed by atoms with Gasteiger partial charge in [-0.25, -0.2) is 9.79 Å². The first-order valence-corrected chi connectivity index (χ1v) is 10.9. The number of hydrogen-bond donors (Lipinski definition) is 1. The van der Waals surface area contributed by atoms with E-state index >= 15 is 0 Å². The Morgan fingerprint density at radius 2 is 1.70 bits per heavy atom. The highest BCUT2D eigenvalue weighted by Gasteiger charge is 2.29. The number of ether oxygens (including phenoxy) is 2. The van der Waals surface area contributed by atoms with E-state index in [2.05, 4.69) is 4.99 Å². The van der Waals surface area contributed by atoms with Gasteiger partial charge in [0.1, 0.15) is 16.0 Å². The van der Waals surface area contributed by atoms with Gasteiger partial charge in [-0.1, -0.05) is 30.3 Å². The average Bonchev–Trinajstić information content (AvgIpc) is 2.68. The van der Waals surface area contributed by atoms with Gasteiger partial charge in [-0.2, -0.15) is 0 Å². The minimum absolute atomic E-state index is 0.0383. The van der Waals surface area contributed by atoms with Crippen LogP contribution in [0.5, 0.6) is 0 Å². The number of carbonyl (C=O) groups is 2.